The summed E-state index contributed by atoms with van der Waals surface area (Å²) in [5.74, 6) is -0.370. The number of fused-ring (bicyclic) bond motifs is 1. The van der Waals surface area contributed by atoms with Crippen molar-refractivity contribution >= 4 is 17.6 Å². The lowest BCUT2D eigenvalue weighted by Crippen LogP contribution is -2.29. The van der Waals surface area contributed by atoms with E-state index in [1.807, 2.05) is 36.4 Å². The second kappa shape index (κ2) is 6.14. The number of benzene rings is 1. The minimum atomic E-state index is -0.881. The maximum absolute atomic E-state index is 11.2. The van der Waals surface area contributed by atoms with Gasteiger partial charge in [-0.2, -0.15) is 14.6 Å². The third kappa shape index (κ3) is 2.91. The number of carboxylic acids is 1. The Bertz CT molecular complexity index is 911. The van der Waals surface area contributed by atoms with E-state index in [1.54, 1.807) is 4.52 Å². The second-order valence-corrected chi connectivity index (χ2v) is 6.19. The van der Waals surface area contributed by atoms with Gasteiger partial charge in [-0.15, -0.1) is 0 Å². The normalized spacial score (nSPS) is 23.0. The lowest BCUT2D eigenvalue weighted by Gasteiger charge is -2.18. The minimum absolute atomic E-state index is 0.240. The first kappa shape index (κ1) is 15.5. The Labute approximate surface area is 143 Å². The fourth-order valence-corrected chi connectivity index (χ4v) is 3.23. The summed E-state index contributed by atoms with van der Waals surface area (Å²) in [5, 5.41) is 26.7. The van der Waals surface area contributed by atoms with E-state index in [-0.39, 0.29) is 12.5 Å². The molecule has 1 aliphatic carbocycles. The summed E-state index contributed by atoms with van der Waals surface area (Å²) in [6.45, 7) is 0. The molecule has 3 atom stereocenters. The van der Waals surface area contributed by atoms with Crippen LogP contribution in [0.4, 0.5) is 5.82 Å². The van der Waals surface area contributed by atoms with E-state index in [4.69, 9.17) is 5.11 Å². The summed E-state index contributed by atoms with van der Waals surface area (Å²) in [6, 6.07) is 11.1. The van der Waals surface area contributed by atoms with Crippen molar-refractivity contribution in [2.75, 3.05) is 5.32 Å². The number of anilines is 1. The summed E-state index contributed by atoms with van der Waals surface area (Å²) >= 11 is 0. The lowest BCUT2D eigenvalue weighted by atomic mass is 10.1. The molecule has 8 heteroatoms. The number of hydrogen-bond donors (Lipinski definition) is 3. The van der Waals surface area contributed by atoms with Crippen LogP contribution in [-0.4, -0.2) is 47.9 Å². The van der Waals surface area contributed by atoms with Crippen molar-refractivity contribution in [3.05, 3.63) is 42.7 Å². The van der Waals surface area contributed by atoms with E-state index in [9.17, 15) is 9.90 Å². The van der Waals surface area contributed by atoms with Crippen molar-refractivity contribution < 1.29 is 15.0 Å². The third-order valence-corrected chi connectivity index (χ3v) is 4.53. The van der Waals surface area contributed by atoms with Gasteiger partial charge in [-0.3, -0.25) is 4.79 Å². The highest BCUT2D eigenvalue weighted by Crippen LogP contribution is 2.30. The number of aromatic nitrogens is 4. The highest BCUT2D eigenvalue weighted by Gasteiger charge is 2.37. The van der Waals surface area contributed by atoms with Gasteiger partial charge in [0, 0.05) is 11.6 Å². The zero-order chi connectivity index (χ0) is 17.4. The lowest BCUT2D eigenvalue weighted by molar-refractivity contribution is -0.141. The van der Waals surface area contributed by atoms with E-state index in [2.05, 4.69) is 20.4 Å². The van der Waals surface area contributed by atoms with E-state index >= 15 is 0 Å². The van der Waals surface area contributed by atoms with Crippen LogP contribution in [-0.2, 0) is 4.79 Å². The first-order valence-corrected chi connectivity index (χ1v) is 8.05. The fourth-order valence-electron chi connectivity index (χ4n) is 3.23. The molecule has 0 spiro atoms. The smallest absolute Gasteiger partial charge is 0.306 e. The van der Waals surface area contributed by atoms with E-state index in [1.165, 1.54) is 6.33 Å². The van der Waals surface area contributed by atoms with Crippen molar-refractivity contribution in [1.82, 2.24) is 19.6 Å². The largest absolute Gasteiger partial charge is 0.481 e. The molecule has 0 saturated heterocycles. The molecule has 3 N–H and O–H groups in total. The van der Waals surface area contributed by atoms with Crippen molar-refractivity contribution in [3.8, 4) is 11.3 Å². The Morgan fingerprint density at radius 2 is 2.04 bits per heavy atom. The highest BCUT2D eigenvalue weighted by molar-refractivity contribution is 5.71. The molecule has 0 amide bonds. The van der Waals surface area contributed by atoms with Gasteiger partial charge in [0.25, 0.3) is 5.78 Å². The first-order valence-electron chi connectivity index (χ1n) is 8.05. The number of aliphatic hydroxyl groups excluding tert-OH is 1. The molecule has 0 aliphatic heterocycles. The van der Waals surface area contributed by atoms with Crippen molar-refractivity contribution in [2.45, 2.75) is 25.0 Å². The maximum Gasteiger partial charge on any atom is 0.306 e. The molecule has 3 aromatic rings. The average molecular weight is 339 g/mol. The minimum Gasteiger partial charge on any atom is -0.481 e. The van der Waals surface area contributed by atoms with Gasteiger partial charge in [0.15, 0.2) is 0 Å². The zero-order valence-electron chi connectivity index (χ0n) is 13.3. The number of nitrogens with one attached hydrogen (secondary N) is 1. The number of rotatable bonds is 4. The van der Waals surface area contributed by atoms with E-state index < -0.39 is 18.0 Å². The van der Waals surface area contributed by atoms with Crippen LogP contribution in [0.15, 0.2) is 42.7 Å². The summed E-state index contributed by atoms with van der Waals surface area (Å²) < 4.78 is 1.55. The number of carboxylic acid groups (broad SMARTS) is 1. The van der Waals surface area contributed by atoms with Crippen LogP contribution < -0.4 is 5.32 Å². The van der Waals surface area contributed by atoms with Crippen LogP contribution in [0.1, 0.15) is 12.8 Å². The highest BCUT2D eigenvalue weighted by atomic mass is 16.4. The van der Waals surface area contributed by atoms with Gasteiger partial charge >= 0.3 is 5.97 Å². The summed E-state index contributed by atoms with van der Waals surface area (Å²) in [5.41, 5.74) is 1.66. The molecule has 2 aromatic heterocycles. The monoisotopic (exact) mass is 339 g/mol. The summed E-state index contributed by atoms with van der Waals surface area (Å²) in [7, 11) is 0. The Hall–Kier alpha value is -3.00. The van der Waals surface area contributed by atoms with E-state index in [0.29, 0.717) is 18.0 Å². The molecule has 1 aliphatic rings. The number of hydrogen-bond acceptors (Lipinski definition) is 6. The number of nitrogens with zero attached hydrogens (tertiary/aromatic N) is 4. The van der Waals surface area contributed by atoms with E-state index in [0.717, 1.165) is 11.3 Å². The fraction of sp³-hybridized carbons (Fsp3) is 0.294. The van der Waals surface area contributed by atoms with Gasteiger partial charge in [-0.25, -0.2) is 4.98 Å². The zero-order valence-corrected chi connectivity index (χ0v) is 13.3. The molecular formula is C17H17N5O3. The molecular weight excluding hydrogens is 322 g/mol. The quantitative estimate of drug-likeness (QED) is 0.659. The Morgan fingerprint density at radius 1 is 1.24 bits per heavy atom. The predicted octanol–water partition coefficient (Wildman–Crippen LogP) is 1.43. The average Bonchev–Trinajstić information content (AvgIpc) is 3.23. The van der Waals surface area contributed by atoms with Crippen molar-refractivity contribution in [3.63, 3.8) is 0 Å². The Balaban J connectivity index is 1.69. The van der Waals surface area contributed by atoms with Gasteiger partial charge in [0.2, 0.25) is 0 Å². The second-order valence-electron chi connectivity index (χ2n) is 6.19. The topological polar surface area (TPSA) is 113 Å². The van der Waals surface area contributed by atoms with Gasteiger partial charge < -0.3 is 15.5 Å². The Morgan fingerprint density at radius 3 is 2.76 bits per heavy atom. The van der Waals surface area contributed by atoms with Crippen molar-refractivity contribution in [1.29, 1.82) is 0 Å². The van der Waals surface area contributed by atoms with Gasteiger partial charge in [-0.1, -0.05) is 30.3 Å². The Kier molecular flexibility index (Phi) is 3.81. The standard InChI is InChI=1S/C17H17N5O3/c23-14-7-11(16(24)25)6-13(14)20-15-8-12(10-4-2-1-3-5-10)21-17-18-9-19-22(15)17/h1-5,8-9,11,13-14,20,23H,6-7H2,(H,24,25). The number of aliphatic carboxylic acids is 1. The van der Waals surface area contributed by atoms with Crippen LogP contribution in [0.5, 0.6) is 0 Å². The van der Waals surface area contributed by atoms with Crippen molar-refractivity contribution in [2.24, 2.45) is 5.92 Å². The molecule has 8 nitrogen and oxygen atoms in total. The molecule has 1 fully saturated rings. The van der Waals surface area contributed by atoms with Crippen LogP contribution in [0.2, 0.25) is 0 Å². The summed E-state index contributed by atoms with van der Waals surface area (Å²) in [6.07, 6.45) is 1.28. The molecule has 1 saturated carbocycles. The molecule has 2 heterocycles. The SMILES string of the molecule is O=C(O)C1CC(O)C(Nc2cc(-c3ccccc3)nc3ncnn23)C1. The summed E-state index contributed by atoms with van der Waals surface area (Å²) in [4.78, 5) is 19.8. The van der Waals surface area contributed by atoms with Gasteiger partial charge in [0.05, 0.1) is 23.8 Å². The van der Waals surface area contributed by atoms with Crippen LogP contribution in [0.3, 0.4) is 0 Å². The van der Waals surface area contributed by atoms with Crippen LogP contribution in [0, 0.1) is 5.92 Å². The first-order chi connectivity index (χ1) is 12.1. The van der Waals surface area contributed by atoms with Crippen LogP contribution >= 0.6 is 0 Å². The number of carbonyl (C=O) groups is 1. The van der Waals surface area contributed by atoms with Gasteiger partial charge in [-0.05, 0) is 12.8 Å². The molecule has 128 valence electrons. The molecule has 25 heavy (non-hydrogen) atoms. The van der Waals surface area contributed by atoms with Crippen LogP contribution in [0.25, 0.3) is 17.0 Å². The molecule has 3 unspecified atom stereocenters. The van der Waals surface area contributed by atoms with Gasteiger partial charge in [0.1, 0.15) is 12.1 Å². The molecule has 0 radical (unpaired) electrons. The predicted molar refractivity (Wildman–Crippen MR) is 90.0 cm³/mol. The molecule has 1 aromatic carbocycles. The number of aliphatic hydroxyl groups is 1. The third-order valence-electron chi connectivity index (χ3n) is 4.53. The molecule has 4 rings (SSSR count). The maximum atomic E-state index is 11.2. The molecule has 0 bridgehead atoms.